The summed E-state index contributed by atoms with van der Waals surface area (Å²) in [5.41, 5.74) is 0. The fourth-order valence-electron chi connectivity index (χ4n) is 3.49. The smallest absolute Gasteiger partial charge is 0.323 e. The Kier molecular flexibility index (Phi) is 8.22. The third-order valence-electron chi connectivity index (χ3n) is 5.11. The van der Waals surface area contributed by atoms with E-state index in [1.807, 2.05) is 4.90 Å². The molecule has 0 aliphatic carbocycles. The zero-order valence-corrected chi connectivity index (χ0v) is 15.5. The third-order valence-corrected chi connectivity index (χ3v) is 5.11. The Hall–Kier alpha value is -1.59. The summed E-state index contributed by atoms with van der Waals surface area (Å²) in [5, 5.41) is 8.99. The average Bonchev–Trinajstić information content (AvgIpc) is 2.75. The molecule has 0 aromatic heterocycles. The number of amides is 2. The largest absolute Gasteiger partial charge is 0.480 e. The number of hydrogen-bond acceptors (Lipinski definition) is 3. The summed E-state index contributed by atoms with van der Waals surface area (Å²) in [5.74, 6) is -0.137. The van der Waals surface area contributed by atoms with E-state index in [0.29, 0.717) is 37.8 Å². The Morgan fingerprint density at radius 3 is 2.38 bits per heavy atom. The highest BCUT2D eigenvalue weighted by molar-refractivity contribution is 5.80. The first-order chi connectivity index (χ1) is 11.3. The van der Waals surface area contributed by atoms with Gasteiger partial charge in [0.1, 0.15) is 6.54 Å². The van der Waals surface area contributed by atoms with Crippen LogP contribution in [-0.4, -0.2) is 58.4 Å². The van der Waals surface area contributed by atoms with Crippen LogP contribution >= 0.6 is 0 Å². The molecular formula is C18H32N2O4. The summed E-state index contributed by atoms with van der Waals surface area (Å²) >= 11 is 0. The number of carboxylic acids is 1. The number of aliphatic carboxylic acids is 1. The number of carboxylic acid groups (broad SMARTS) is 1. The lowest BCUT2D eigenvalue weighted by Gasteiger charge is -2.29. The second-order valence-corrected chi connectivity index (χ2v) is 7.12. The Balaban J connectivity index is 2.65. The summed E-state index contributed by atoms with van der Waals surface area (Å²) < 4.78 is 0. The lowest BCUT2D eigenvalue weighted by atomic mass is 9.89. The van der Waals surface area contributed by atoms with Gasteiger partial charge in [-0.25, -0.2) is 0 Å². The zero-order chi connectivity index (χ0) is 18.3. The molecule has 0 bridgehead atoms. The molecule has 1 aliphatic rings. The van der Waals surface area contributed by atoms with Gasteiger partial charge in [0, 0.05) is 32.5 Å². The Labute approximate surface area is 145 Å². The van der Waals surface area contributed by atoms with Crippen LogP contribution < -0.4 is 0 Å². The van der Waals surface area contributed by atoms with E-state index in [4.69, 9.17) is 5.11 Å². The highest BCUT2D eigenvalue weighted by atomic mass is 16.4. The van der Waals surface area contributed by atoms with Crippen molar-refractivity contribution in [3.05, 3.63) is 0 Å². The summed E-state index contributed by atoms with van der Waals surface area (Å²) in [6.45, 7) is 8.86. The normalized spacial score (nSPS) is 19.7. The topological polar surface area (TPSA) is 77.9 Å². The van der Waals surface area contributed by atoms with Crippen LogP contribution in [0.4, 0.5) is 0 Å². The predicted octanol–water partition coefficient (Wildman–Crippen LogP) is 2.37. The maximum Gasteiger partial charge on any atom is 0.323 e. The lowest BCUT2D eigenvalue weighted by molar-refractivity contribution is -0.145. The highest BCUT2D eigenvalue weighted by Crippen LogP contribution is 2.22. The molecule has 6 heteroatoms. The quantitative estimate of drug-likeness (QED) is 0.772. The van der Waals surface area contributed by atoms with E-state index in [2.05, 4.69) is 20.8 Å². The van der Waals surface area contributed by atoms with Crippen molar-refractivity contribution in [2.24, 2.45) is 11.8 Å². The molecule has 1 rings (SSSR count). The number of carbonyl (C=O) groups excluding carboxylic acids is 2. The molecule has 1 fully saturated rings. The van der Waals surface area contributed by atoms with Crippen LogP contribution in [0.1, 0.15) is 59.8 Å². The van der Waals surface area contributed by atoms with Gasteiger partial charge >= 0.3 is 5.97 Å². The molecular weight excluding hydrogens is 308 g/mol. The third kappa shape index (κ3) is 6.13. The van der Waals surface area contributed by atoms with Crippen LogP contribution in [0.3, 0.4) is 0 Å². The van der Waals surface area contributed by atoms with E-state index in [1.165, 1.54) is 11.8 Å². The molecule has 1 saturated heterocycles. The van der Waals surface area contributed by atoms with Gasteiger partial charge in [0.2, 0.25) is 11.8 Å². The molecule has 1 aliphatic heterocycles. The summed E-state index contributed by atoms with van der Waals surface area (Å²) in [6.07, 6.45) is 3.77. The molecule has 2 atom stereocenters. The second kappa shape index (κ2) is 9.64. The molecule has 0 aromatic rings. The molecule has 2 unspecified atom stereocenters. The predicted molar refractivity (Wildman–Crippen MR) is 92.5 cm³/mol. The number of rotatable bonds is 7. The molecule has 2 amide bonds. The van der Waals surface area contributed by atoms with Crippen LogP contribution in [0.2, 0.25) is 0 Å². The summed E-state index contributed by atoms with van der Waals surface area (Å²) in [7, 11) is 0. The first-order valence-electron chi connectivity index (χ1n) is 9.03. The maximum atomic E-state index is 12.6. The van der Waals surface area contributed by atoms with Gasteiger partial charge in [-0.2, -0.15) is 0 Å². The number of hydrogen-bond donors (Lipinski definition) is 1. The fourth-order valence-corrected chi connectivity index (χ4v) is 3.49. The minimum atomic E-state index is -0.995. The van der Waals surface area contributed by atoms with Gasteiger partial charge in [0.25, 0.3) is 0 Å². The van der Waals surface area contributed by atoms with E-state index in [1.54, 1.807) is 0 Å². The standard InChI is InChI=1S/C18H32N2O4/c1-5-15(13(2)3)11-17(22)19-9-6-7-16(8-10-19)20(14(4)21)12-18(23)24/h13,15-16H,5-12H2,1-4H3,(H,23,24). The van der Waals surface area contributed by atoms with E-state index in [0.717, 1.165) is 19.3 Å². The highest BCUT2D eigenvalue weighted by Gasteiger charge is 2.28. The van der Waals surface area contributed by atoms with Crippen molar-refractivity contribution in [3.8, 4) is 0 Å². The molecule has 138 valence electrons. The molecule has 0 spiro atoms. The van der Waals surface area contributed by atoms with Crippen molar-refractivity contribution < 1.29 is 19.5 Å². The fraction of sp³-hybridized carbons (Fsp3) is 0.833. The summed E-state index contributed by atoms with van der Waals surface area (Å²) in [4.78, 5) is 38.6. The average molecular weight is 340 g/mol. The molecule has 0 saturated carbocycles. The van der Waals surface area contributed by atoms with Crippen molar-refractivity contribution in [2.45, 2.75) is 65.8 Å². The van der Waals surface area contributed by atoms with E-state index in [-0.39, 0.29) is 24.4 Å². The van der Waals surface area contributed by atoms with E-state index in [9.17, 15) is 14.4 Å². The van der Waals surface area contributed by atoms with Crippen molar-refractivity contribution in [2.75, 3.05) is 19.6 Å². The van der Waals surface area contributed by atoms with Gasteiger partial charge in [0.05, 0.1) is 0 Å². The van der Waals surface area contributed by atoms with Crippen molar-refractivity contribution in [1.29, 1.82) is 0 Å². The zero-order valence-electron chi connectivity index (χ0n) is 15.5. The lowest BCUT2D eigenvalue weighted by Crippen LogP contribution is -2.43. The van der Waals surface area contributed by atoms with Gasteiger partial charge in [-0.3, -0.25) is 14.4 Å². The van der Waals surface area contributed by atoms with Crippen LogP contribution in [0.15, 0.2) is 0 Å². The molecule has 1 heterocycles. The Morgan fingerprint density at radius 2 is 1.88 bits per heavy atom. The Morgan fingerprint density at radius 1 is 1.21 bits per heavy atom. The molecule has 0 aromatic carbocycles. The molecule has 24 heavy (non-hydrogen) atoms. The summed E-state index contributed by atoms with van der Waals surface area (Å²) in [6, 6.07) is -0.0940. The van der Waals surface area contributed by atoms with Gasteiger partial charge < -0.3 is 14.9 Å². The van der Waals surface area contributed by atoms with Crippen LogP contribution in [0, 0.1) is 11.8 Å². The molecule has 1 N–H and O–H groups in total. The van der Waals surface area contributed by atoms with Gasteiger partial charge in [-0.15, -0.1) is 0 Å². The molecule has 6 nitrogen and oxygen atoms in total. The Bertz CT molecular complexity index is 450. The second-order valence-electron chi connectivity index (χ2n) is 7.12. The van der Waals surface area contributed by atoms with Gasteiger partial charge in [0.15, 0.2) is 0 Å². The first kappa shape index (κ1) is 20.5. The van der Waals surface area contributed by atoms with Crippen LogP contribution in [-0.2, 0) is 14.4 Å². The minimum Gasteiger partial charge on any atom is -0.480 e. The SMILES string of the molecule is CCC(CC(=O)N1CCCC(N(CC(=O)O)C(C)=O)CC1)C(C)C. The van der Waals surface area contributed by atoms with Crippen molar-refractivity contribution >= 4 is 17.8 Å². The first-order valence-corrected chi connectivity index (χ1v) is 9.03. The van der Waals surface area contributed by atoms with Gasteiger partial charge in [-0.05, 0) is 31.1 Å². The van der Waals surface area contributed by atoms with Crippen molar-refractivity contribution in [3.63, 3.8) is 0 Å². The van der Waals surface area contributed by atoms with E-state index >= 15 is 0 Å². The van der Waals surface area contributed by atoms with Crippen molar-refractivity contribution in [1.82, 2.24) is 9.80 Å². The molecule has 0 radical (unpaired) electrons. The van der Waals surface area contributed by atoms with Crippen LogP contribution in [0.5, 0.6) is 0 Å². The number of likely N-dealkylation sites (tertiary alicyclic amines) is 1. The number of carbonyl (C=O) groups is 3. The van der Waals surface area contributed by atoms with Crippen LogP contribution in [0.25, 0.3) is 0 Å². The van der Waals surface area contributed by atoms with Gasteiger partial charge in [-0.1, -0.05) is 27.2 Å². The number of nitrogens with zero attached hydrogens (tertiary/aromatic N) is 2. The maximum absolute atomic E-state index is 12.6. The minimum absolute atomic E-state index is 0.0940. The monoisotopic (exact) mass is 340 g/mol. The van der Waals surface area contributed by atoms with E-state index < -0.39 is 5.97 Å².